The molecule has 1 aliphatic rings. The fraction of sp³-hybridized carbons (Fsp3) is 0.412. The van der Waals surface area contributed by atoms with Crippen LogP contribution in [0.5, 0.6) is 0 Å². The van der Waals surface area contributed by atoms with Crippen LogP contribution in [0.2, 0.25) is 0 Å². The summed E-state index contributed by atoms with van der Waals surface area (Å²) in [5.41, 5.74) is 0. The van der Waals surface area contributed by atoms with Crippen molar-refractivity contribution in [2.75, 3.05) is 31.1 Å². The topological polar surface area (TPSA) is 102 Å². The van der Waals surface area contributed by atoms with Gasteiger partial charge in [-0.2, -0.15) is 4.31 Å². The zero-order chi connectivity index (χ0) is 19.9. The van der Waals surface area contributed by atoms with Gasteiger partial charge >= 0.3 is 0 Å². The first-order valence-corrected chi connectivity index (χ1v) is 10.4. The third kappa shape index (κ3) is 3.27. The largest absolute Gasteiger partial charge is 0.354 e. The van der Waals surface area contributed by atoms with Crippen LogP contribution in [0.3, 0.4) is 0 Å². The highest BCUT2D eigenvalue weighted by molar-refractivity contribution is 7.89. The number of anilines is 1. The molecule has 1 fully saturated rings. The average Bonchev–Trinajstić information content (AvgIpc) is 3.28. The standard InChI is InChI=1S/C17H22N8O2S/c1-13-18-4-5-25(13)16-10-15(19-12-20-16)23-6-8-24(9-7-23)28(26,27)17-11-22(3)14(2)21-17/h4-5,10-12H,6-9H2,1-3H3. The molecule has 1 saturated heterocycles. The van der Waals surface area contributed by atoms with Gasteiger partial charge in [0.25, 0.3) is 10.0 Å². The number of aromatic nitrogens is 6. The maximum absolute atomic E-state index is 12.8. The van der Waals surface area contributed by atoms with Crippen molar-refractivity contribution in [3.8, 4) is 5.82 Å². The molecule has 0 spiro atoms. The Morgan fingerprint density at radius 1 is 0.964 bits per heavy atom. The van der Waals surface area contributed by atoms with Gasteiger partial charge in [-0.1, -0.05) is 0 Å². The van der Waals surface area contributed by atoms with Gasteiger partial charge in [0, 0.05) is 57.9 Å². The van der Waals surface area contributed by atoms with Crippen LogP contribution < -0.4 is 4.90 Å². The Kier molecular flexibility index (Phi) is 4.63. The van der Waals surface area contributed by atoms with Crippen molar-refractivity contribution < 1.29 is 8.42 Å². The summed E-state index contributed by atoms with van der Waals surface area (Å²) < 4.78 is 30.8. The molecule has 0 aliphatic carbocycles. The second kappa shape index (κ2) is 6.99. The van der Waals surface area contributed by atoms with Crippen molar-refractivity contribution in [1.29, 1.82) is 0 Å². The molecule has 0 saturated carbocycles. The van der Waals surface area contributed by atoms with Crippen LogP contribution in [0.15, 0.2) is 36.0 Å². The lowest BCUT2D eigenvalue weighted by Gasteiger charge is -2.34. The minimum atomic E-state index is -3.59. The number of hydrogen-bond acceptors (Lipinski definition) is 7. The number of sulfonamides is 1. The van der Waals surface area contributed by atoms with Crippen LogP contribution in [0.4, 0.5) is 5.82 Å². The summed E-state index contributed by atoms with van der Waals surface area (Å²) in [6, 6.07) is 1.89. The van der Waals surface area contributed by atoms with Gasteiger partial charge in [0.2, 0.25) is 0 Å². The molecule has 4 heterocycles. The van der Waals surface area contributed by atoms with E-state index in [2.05, 4.69) is 24.8 Å². The van der Waals surface area contributed by atoms with E-state index >= 15 is 0 Å². The number of nitrogens with zero attached hydrogens (tertiary/aromatic N) is 8. The van der Waals surface area contributed by atoms with E-state index in [-0.39, 0.29) is 5.03 Å². The molecule has 3 aromatic rings. The second-order valence-corrected chi connectivity index (χ2v) is 8.59. The normalized spacial score (nSPS) is 15.9. The van der Waals surface area contributed by atoms with Gasteiger partial charge in [-0.05, 0) is 13.8 Å². The number of rotatable bonds is 4. The monoisotopic (exact) mass is 402 g/mol. The Morgan fingerprint density at radius 3 is 2.29 bits per heavy atom. The van der Waals surface area contributed by atoms with Crippen LogP contribution >= 0.6 is 0 Å². The summed E-state index contributed by atoms with van der Waals surface area (Å²) in [5.74, 6) is 3.01. The molecular weight excluding hydrogens is 380 g/mol. The second-order valence-electron chi connectivity index (χ2n) is 6.71. The Morgan fingerprint density at radius 2 is 1.68 bits per heavy atom. The molecule has 0 atom stereocenters. The summed E-state index contributed by atoms with van der Waals surface area (Å²) in [6.07, 6.45) is 6.64. The minimum Gasteiger partial charge on any atom is -0.354 e. The summed E-state index contributed by atoms with van der Waals surface area (Å²) in [4.78, 5) is 19.1. The van der Waals surface area contributed by atoms with Crippen molar-refractivity contribution in [2.45, 2.75) is 18.9 Å². The molecular formula is C17H22N8O2S. The Hall–Kier alpha value is -2.79. The van der Waals surface area contributed by atoms with Crippen molar-refractivity contribution >= 4 is 15.8 Å². The van der Waals surface area contributed by atoms with Gasteiger partial charge in [-0.25, -0.2) is 28.4 Å². The zero-order valence-corrected chi connectivity index (χ0v) is 16.8. The van der Waals surface area contributed by atoms with Crippen LogP contribution in [0, 0.1) is 13.8 Å². The van der Waals surface area contributed by atoms with Gasteiger partial charge < -0.3 is 9.47 Å². The van der Waals surface area contributed by atoms with Crippen molar-refractivity contribution in [2.24, 2.45) is 7.05 Å². The highest BCUT2D eigenvalue weighted by atomic mass is 32.2. The van der Waals surface area contributed by atoms with E-state index in [1.807, 2.05) is 23.8 Å². The summed E-state index contributed by atoms with van der Waals surface area (Å²) in [5, 5.41) is 0.0980. The predicted octanol–water partition coefficient (Wildman–Crippen LogP) is 0.524. The van der Waals surface area contributed by atoms with E-state index in [1.165, 1.54) is 10.6 Å². The zero-order valence-electron chi connectivity index (χ0n) is 16.0. The van der Waals surface area contributed by atoms with Crippen molar-refractivity contribution in [3.05, 3.63) is 42.6 Å². The average molecular weight is 402 g/mol. The third-order valence-electron chi connectivity index (χ3n) is 4.96. The lowest BCUT2D eigenvalue weighted by molar-refractivity contribution is 0.382. The smallest absolute Gasteiger partial charge is 0.262 e. The van der Waals surface area contributed by atoms with Gasteiger partial charge in [0.15, 0.2) is 5.03 Å². The quantitative estimate of drug-likeness (QED) is 0.627. The molecule has 0 N–H and O–H groups in total. The maximum atomic E-state index is 12.8. The molecule has 0 bridgehead atoms. The molecule has 0 radical (unpaired) electrons. The Labute approximate surface area is 163 Å². The first-order chi connectivity index (χ1) is 13.4. The molecule has 0 aromatic carbocycles. The molecule has 11 heteroatoms. The molecule has 0 unspecified atom stereocenters. The predicted molar refractivity (Wildman–Crippen MR) is 103 cm³/mol. The first kappa shape index (κ1) is 18.6. The maximum Gasteiger partial charge on any atom is 0.262 e. The molecule has 0 amide bonds. The molecule has 4 rings (SSSR count). The molecule has 28 heavy (non-hydrogen) atoms. The van der Waals surface area contributed by atoms with E-state index < -0.39 is 10.0 Å². The van der Waals surface area contributed by atoms with Gasteiger partial charge in [0.05, 0.1) is 0 Å². The van der Waals surface area contributed by atoms with Crippen molar-refractivity contribution in [1.82, 2.24) is 33.4 Å². The molecule has 10 nitrogen and oxygen atoms in total. The van der Waals surface area contributed by atoms with Crippen LogP contribution in [0.25, 0.3) is 5.82 Å². The van der Waals surface area contributed by atoms with Gasteiger partial charge in [-0.15, -0.1) is 0 Å². The van der Waals surface area contributed by atoms with Gasteiger partial charge in [-0.3, -0.25) is 4.57 Å². The number of imidazole rings is 2. The fourth-order valence-corrected chi connectivity index (χ4v) is 4.65. The number of piperazine rings is 1. The third-order valence-corrected chi connectivity index (χ3v) is 6.73. The van der Waals surface area contributed by atoms with Crippen LogP contribution in [0.1, 0.15) is 11.6 Å². The lowest BCUT2D eigenvalue weighted by atomic mass is 10.3. The minimum absolute atomic E-state index is 0.0980. The number of hydrogen-bond donors (Lipinski definition) is 0. The highest BCUT2D eigenvalue weighted by Crippen LogP contribution is 2.20. The first-order valence-electron chi connectivity index (χ1n) is 8.93. The Balaban J connectivity index is 1.49. The highest BCUT2D eigenvalue weighted by Gasteiger charge is 2.31. The fourth-order valence-electron chi connectivity index (χ4n) is 3.20. The molecule has 1 aliphatic heterocycles. The van der Waals surface area contributed by atoms with E-state index in [9.17, 15) is 8.42 Å². The van der Waals surface area contributed by atoms with E-state index in [0.29, 0.717) is 32.0 Å². The SMILES string of the molecule is Cc1nc(S(=O)(=O)N2CCN(c3cc(-n4ccnc4C)ncn3)CC2)cn1C. The van der Waals surface area contributed by atoms with Crippen LogP contribution in [-0.4, -0.2) is 68.0 Å². The van der Waals surface area contributed by atoms with E-state index in [4.69, 9.17) is 0 Å². The van der Waals surface area contributed by atoms with E-state index in [0.717, 1.165) is 17.5 Å². The number of aryl methyl sites for hydroxylation is 3. The van der Waals surface area contributed by atoms with Crippen LogP contribution in [-0.2, 0) is 17.1 Å². The van der Waals surface area contributed by atoms with Crippen molar-refractivity contribution in [3.63, 3.8) is 0 Å². The molecule has 3 aromatic heterocycles. The Bertz CT molecular complexity index is 1080. The summed E-state index contributed by atoms with van der Waals surface area (Å²) in [7, 11) is -1.80. The van der Waals surface area contributed by atoms with E-state index in [1.54, 1.807) is 30.9 Å². The lowest BCUT2D eigenvalue weighted by Crippen LogP contribution is -2.49. The summed E-state index contributed by atoms with van der Waals surface area (Å²) in [6.45, 7) is 5.54. The van der Waals surface area contributed by atoms with Gasteiger partial charge in [0.1, 0.15) is 29.6 Å². The summed E-state index contributed by atoms with van der Waals surface area (Å²) >= 11 is 0. The molecule has 148 valence electrons.